The van der Waals surface area contributed by atoms with Crippen LogP contribution in [0, 0.1) is 0 Å². The minimum atomic E-state index is 0.747. The highest BCUT2D eigenvalue weighted by Crippen LogP contribution is 2.36. The van der Waals surface area contributed by atoms with E-state index >= 15 is 0 Å². The van der Waals surface area contributed by atoms with Crippen LogP contribution in [0.4, 0.5) is 11.4 Å². The Balaban J connectivity index is 1.39. The van der Waals surface area contributed by atoms with Crippen LogP contribution in [0.25, 0.3) is 52.7 Å². The predicted octanol–water partition coefficient (Wildman–Crippen LogP) is 7.07. The lowest BCUT2D eigenvalue weighted by molar-refractivity contribution is 1.47. The SMILES string of the molecule is Nc1cccc(-c2nc3cc(-c4ccc5sc(-c6cccc(N)c6)nc5c4)ccc3s2)c1. The van der Waals surface area contributed by atoms with Crippen molar-refractivity contribution in [3.8, 4) is 32.3 Å². The number of anilines is 2. The number of nitrogens with zero attached hydrogens (tertiary/aromatic N) is 2. The summed E-state index contributed by atoms with van der Waals surface area (Å²) < 4.78 is 2.31. The Morgan fingerprint density at radius 3 is 1.41 bits per heavy atom. The fourth-order valence-electron chi connectivity index (χ4n) is 3.80. The highest BCUT2D eigenvalue weighted by atomic mass is 32.1. The largest absolute Gasteiger partial charge is 0.399 e. The highest BCUT2D eigenvalue weighted by molar-refractivity contribution is 7.22. The maximum Gasteiger partial charge on any atom is 0.124 e. The fourth-order valence-corrected chi connectivity index (χ4v) is 5.69. The van der Waals surface area contributed by atoms with Gasteiger partial charge >= 0.3 is 0 Å². The summed E-state index contributed by atoms with van der Waals surface area (Å²) in [4.78, 5) is 9.72. The topological polar surface area (TPSA) is 77.8 Å². The maximum absolute atomic E-state index is 5.95. The van der Waals surface area contributed by atoms with Gasteiger partial charge in [-0.1, -0.05) is 36.4 Å². The molecule has 154 valence electrons. The van der Waals surface area contributed by atoms with Gasteiger partial charge in [0.05, 0.1) is 20.4 Å². The molecule has 0 amide bonds. The lowest BCUT2D eigenvalue weighted by Crippen LogP contribution is -1.84. The first-order valence-electron chi connectivity index (χ1n) is 10.2. The lowest BCUT2D eigenvalue weighted by atomic mass is 10.1. The number of hydrogen-bond acceptors (Lipinski definition) is 6. The van der Waals surface area contributed by atoms with E-state index in [1.54, 1.807) is 22.7 Å². The van der Waals surface area contributed by atoms with Gasteiger partial charge in [-0.3, -0.25) is 0 Å². The van der Waals surface area contributed by atoms with Gasteiger partial charge in [-0.15, -0.1) is 22.7 Å². The van der Waals surface area contributed by atoms with Crippen LogP contribution in [0.3, 0.4) is 0 Å². The Morgan fingerprint density at radius 2 is 0.969 bits per heavy atom. The molecule has 4 aromatic carbocycles. The Bertz CT molecular complexity index is 1490. The standard InChI is InChI=1S/C26H18N4S2/c27-19-5-1-3-17(11-19)25-29-21-13-15(7-9-23(21)31-25)16-8-10-24-22(14-16)30-26(32-24)18-4-2-6-20(28)12-18/h1-14H,27-28H2. The number of rotatable bonds is 3. The van der Waals surface area contributed by atoms with Crippen LogP contribution in [0.5, 0.6) is 0 Å². The van der Waals surface area contributed by atoms with Crippen molar-refractivity contribution < 1.29 is 0 Å². The molecule has 2 heterocycles. The summed E-state index contributed by atoms with van der Waals surface area (Å²) in [5, 5.41) is 1.96. The second-order valence-electron chi connectivity index (χ2n) is 7.65. The Hall–Kier alpha value is -3.74. The second-order valence-corrected chi connectivity index (χ2v) is 9.72. The lowest BCUT2D eigenvalue weighted by Gasteiger charge is -2.01. The van der Waals surface area contributed by atoms with E-state index in [1.807, 2.05) is 48.5 Å². The number of aromatic nitrogens is 2. The third kappa shape index (κ3) is 3.39. The van der Waals surface area contributed by atoms with Crippen molar-refractivity contribution in [1.29, 1.82) is 0 Å². The summed E-state index contributed by atoms with van der Waals surface area (Å²) in [6.45, 7) is 0. The van der Waals surface area contributed by atoms with Crippen molar-refractivity contribution >= 4 is 54.5 Å². The highest BCUT2D eigenvalue weighted by Gasteiger charge is 2.11. The number of fused-ring (bicyclic) bond motifs is 2. The van der Waals surface area contributed by atoms with E-state index in [4.69, 9.17) is 21.4 Å². The number of benzene rings is 4. The van der Waals surface area contributed by atoms with Gasteiger partial charge < -0.3 is 11.5 Å². The molecular weight excluding hydrogens is 432 g/mol. The van der Waals surface area contributed by atoms with Gasteiger partial charge in [0.2, 0.25) is 0 Å². The maximum atomic E-state index is 5.95. The monoisotopic (exact) mass is 450 g/mol. The third-order valence-corrected chi connectivity index (χ3v) is 7.55. The van der Waals surface area contributed by atoms with Gasteiger partial charge in [-0.05, 0) is 59.7 Å². The predicted molar refractivity (Wildman–Crippen MR) is 138 cm³/mol. The van der Waals surface area contributed by atoms with Crippen LogP contribution in [-0.2, 0) is 0 Å². The summed E-state index contributed by atoms with van der Waals surface area (Å²) in [5.74, 6) is 0. The number of nitrogen functional groups attached to an aromatic ring is 2. The van der Waals surface area contributed by atoms with Gasteiger partial charge in [0.15, 0.2) is 0 Å². The Kier molecular flexibility index (Phi) is 4.41. The first-order valence-corrected chi connectivity index (χ1v) is 11.8. The molecule has 4 nitrogen and oxygen atoms in total. The molecule has 4 N–H and O–H groups in total. The molecule has 0 unspecified atom stereocenters. The average Bonchev–Trinajstić information content (AvgIpc) is 3.42. The normalized spacial score (nSPS) is 11.4. The molecule has 6 heteroatoms. The number of hydrogen-bond donors (Lipinski definition) is 2. The molecule has 0 bridgehead atoms. The molecule has 6 rings (SSSR count). The average molecular weight is 451 g/mol. The van der Waals surface area contributed by atoms with E-state index in [0.29, 0.717) is 0 Å². The Labute approximate surface area is 192 Å². The molecule has 2 aromatic heterocycles. The van der Waals surface area contributed by atoms with E-state index in [2.05, 4.69) is 36.4 Å². The summed E-state index contributed by atoms with van der Waals surface area (Å²) in [6, 6.07) is 28.6. The zero-order chi connectivity index (χ0) is 21.7. The first kappa shape index (κ1) is 19.0. The van der Waals surface area contributed by atoms with Crippen molar-refractivity contribution in [3.05, 3.63) is 84.9 Å². The third-order valence-electron chi connectivity index (χ3n) is 5.38. The van der Waals surface area contributed by atoms with E-state index in [9.17, 15) is 0 Å². The van der Waals surface area contributed by atoms with E-state index < -0.39 is 0 Å². The molecule has 0 spiro atoms. The van der Waals surface area contributed by atoms with Crippen LogP contribution in [-0.4, -0.2) is 9.97 Å². The number of thiazole rings is 2. The summed E-state index contributed by atoms with van der Waals surface area (Å²) in [7, 11) is 0. The molecule has 0 saturated heterocycles. The molecule has 0 atom stereocenters. The van der Waals surface area contributed by atoms with Crippen LogP contribution in [0.15, 0.2) is 84.9 Å². The zero-order valence-corrected chi connectivity index (χ0v) is 18.6. The zero-order valence-electron chi connectivity index (χ0n) is 16.9. The quantitative estimate of drug-likeness (QED) is 0.283. The van der Waals surface area contributed by atoms with Crippen molar-refractivity contribution in [2.24, 2.45) is 0 Å². The minimum absolute atomic E-state index is 0.747. The molecule has 0 aliphatic rings. The van der Waals surface area contributed by atoms with Crippen LogP contribution in [0.2, 0.25) is 0 Å². The van der Waals surface area contributed by atoms with Gasteiger partial charge in [0, 0.05) is 22.5 Å². The van der Waals surface area contributed by atoms with Crippen LogP contribution >= 0.6 is 22.7 Å². The summed E-state index contributed by atoms with van der Waals surface area (Å²) in [6.07, 6.45) is 0. The minimum Gasteiger partial charge on any atom is -0.399 e. The summed E-state index contributed by atoms with van der Waals surface area (Å²) >= 11 is 3.36. The molecule has 0 radical (unpaired) electrons. The smallest absolute Gasteiger partial charge is 0.124 e. The Morgan fingerprint density at radius 1 is 0.500 bits per heavy atom. The molecule has 0 saturated carbocycles. The molecule has 0 fully saturated rings. The molecule has 0 aliphatic heterocycles. The van der Waals surface area contributed by atoms with Crippen molar-refractivity contribution in [1.82, 2.24) is 9.97 Å². The first-order chi connectivity index (χ1) is 15.6. The van der Waals surface area contributed by atoms with Crippen LogP contribution < -0.4 is 11.5 Å². The van der Waals surface area contributed by atoms with E-state index in [-0.39, 0.29) is 0 Å². The van der Waals surface area contributed by atoms with Gasteiger partial charge in [-0.25, -0.2) is 9.97 Å². The van der Waals surface area contributed by atoms with E-state index in [1.165, 1.54) is 0 Å². The van der Waals surface area contributed by atoms with E-state index in [0.717, 1.165) is 64.1 Å². The molecule has 6 aromatic rings. The van der Waals surface area contributed by atoms with Gasteiger partial charge in [0.25, 0.3) is 0 Å². The van der Waals surface area contributed by atoms with Crippen molar-refractivity contribution in [2.45, 2.75) is 0 Å². The molecule has 32 heavy (non-hydrogen) atoms. The molecular formula is C26H18N4S2. The van der Waals surface area contributed by atoms with Crippen molar-refractivity contribution in [3.63, 3.8) is 0 Å². The molecule has 0 aliphatic carbocycles. The van der Waals surface area contributed by atoms with Crippen molar-refractivity contribution in [2.75, 3.05) is 11.5 Å². The van der Waals surface area contributed by atoms with Crippen LogP contribution in [0.1, 0.15) is 0 Å². The summed E-state index contributed by atoms with van der Waals surface area (Å²) in [5.41, 5.74) is 19.7. The number of nitrogens with two attached hydrogens (primary N) is 2. The fraction of sp³-hybridized carbons (Fsp3) is 0. The van der Waals surface area contributed by atoms with Gasteiger partial charge in [-0.2, -0.15) is 0 Å². The van der Waals surface area contributed by atoms with Gasteiger partial charge in [0.1, 0.15) is 10.0 Å². The second kappa shape index (κ2) is 7.44.